The maximum Gasteiger partial charge on any atom is 0.421 e. The Kier molecular flexibility index (Phi) is 7.66. The number of halogens is 4. The van der Waals surface area contributed by atoms with Gasteiger partial charge in [-0.25, -0.2) is 14.2 Å². The summed E-state index contributed by atoms with van der Waals surface area (Å²) in [4.78, 5) is 17.1. The molecule has 34 heavy (non-hydrogen) atoms. The second kappa shape index (κ2) is 10.5. The molecule has 0 saturated heterocycles. The standard InChI is InChI=1S/C21H21F4N5O4/c1-12(11-32-2)29-15-4-5-16(18(22)17(15)20(31)33-3)34-19-14(21(23,24)25)8-13(9-26-19)10-30-27-6-7-28-30/h4-9,12,29H,10-11H2,1-3H3/t12-/m0/s1. The number of nitrogens with one attached hydrogen (secondary N) is 1. The molecule has 0 amide bonds. The monoisotopic (exact) mass is 483 g/mol. The van der Waals surface area contributed by atoms with Crippen LogP contribution in [-0.4, -0.2) is 52.8 Å². The van der Waals surface area contributed by atoms with Gasteiger partial charge in [-0.1, -0.05) is 0 Å². The van der Waals surface area contributed by atoms with Crippen molar-refractivity contribution in [3.05, 3.63) is 59.3 Å². The van der Waals surface area contributed by atoms with E-state index in [1.54, 1.807) is 6.92 Å². The zero-order valence-corrected chi connectivity index (χ0v) is 18.4. The van der Waals surface area contributed by atoms with Crippen LogP contribution in [0.4, 0.5) is 23.2 Å². The van der Waals surface area contributed by atoms with E-state index in [0.29, 0.717) is 0 Å². The van der Waals surface area contributed by atoms with Gasteiger partial charge in [-0.3, -0.25) is 0 Å². The second-order valence-electron chi connectivity index (χ2n) is 7.15. The lowest BCUT2D eigenvalue weighted by Crippen LogP contribution is -2.23. The first-order chi connectivity index (χ1) is 16.1. The summed E-state index contributed by atoms with van der Waals surface area (Å²) in [7, 11) is 2.52. The number of carbonyl (C=O) groups excluding carboxylic acids is 1. The number of aromatic nitrogens is 4. The average molecular weight is 483 g/mol. The maximum absolute atomic E-state index is 15.2. The highest BCUT2D eigenvalue weighted by Gasteiger charge is 2.36. The lowest BCUT2D eigenvalue weighted by molar-refractivity contribution is -0.139. The minimum atomic E-state index is -4.85. The van der Waals surface area contributed by atoms with Gasteiger partial charge in [0.15, 0.2) is 11.6 Å². The molecule has 0 unspecified atom stereocenters. The van der Waals surface area contributed by atoms with E-state index in [0.717, 1.165) is 25.4 Å². The minimum absolute atomic E-state index is 0.0623. The van der Waals surface area contributed by atoms with Gasteiger partial charge in [0, 0.05) is 19.3 Å². The Hall–Kier alpha value is -3.74. The number of benzene rings is 1. The third-order valence-corrected chi connectivity index (χ3v) is 4.52. The van der Waals surface area contributed by atoms with E-state index in [1.807, 2.05) is 0 Å². The fourth-order valence-electron chi connectivity index (χ4n) is 3.07. The summed E-state index contributed by atoms with van der Waals surface area (Å²) in [5.41, 5.74) is -1.55. The van der Waals surface area contributed by atoms with Crippen LogP contribution in [0.25, 0.3) is 0 Å². The quantitative estimate of drug-likeness (QED) is 0.361. The third-order valence-electron chi connectivity index (χ3n) is 4.52. The number of esters is 1. The molecule has 0 saturated carbocycles. The number of hydrogen-bond acceptors (Lipinski definition) is 8. The van der Waals surface area contributed by atoms with E-state index in [9.17, 15) is 18.0 Å². The van der Waals surface area contributed by atoms with Gasteiger partial charge in [0.1, 0.15) is 11.1 Å². The molecular formula is C21H21F4N5O4. The van der Waals surface area contributed by atoms with Crippen molar-refractivity contribution < 1.29 is 36.6 Å². The van der Waals surface area contributed by atoms with Crippen molar-refractivity contribution in [3.63, 3.8) is 0 Å². The van der Waals surface area contributed by atoms with Gasteiger partial charge in [0.25, 0.3) is 0 Å². The molecule has 3 aromatic rings. The molecule has 0 fully saturated rings. The number of nitrogens with zero attached hydrogens (tertiary/aromatic N) is 4. The highest BCUT2D eigenvalue weighted by atomic mass is 19.4. The molecule has 1 atom stereocenters. The molecule has 9 nitrogen and oxygen atoms in total. The van der Waals surface area contributed by atoms with E-state index >= 15 is 4.39 Å². The van der Waals surface area contributed by atoms with E-state index in [1.165, 1.54) is 30.4 Å². The van der Waals surface area contributed by atoms with Crippen molar-refractivity contribution in [1.82, 2.24) is 20.0 Å². The molecule has 0 aliphatic rings. The fraction of sp³-hybridized carbons (Fsp3) is 0.333. The number of ether oxygens (including phenoxy) is 3. The molecule has 2 aromatic heterocycles. The number of rotatable bonds is 9. The Labute approximate surface area is 191 Å². The van der Waals surface area contributed by atoms with Crippen molar-refractivity contribution in [2.24, 2.45) is 0 Å². The first kappa shape index (κ1) is 24.9. The lowest BCUT2D eigenvalue weighted by atomic mass is 10.1. The highest BCUT2D eigenvalue weighted by molar-refractivity contribution is 5.96. The molecule has 3 rings (SSSR count). The summed E-state index contributed by atoms with van der Waals surface area (Å²) in [6.45, 7) is 1.91. The number of pyridine rings is 1. The van der Waals surface area contributed by atoms with Gasteiger partial charge in [-0.15, -0.1) is 0 Å². The van der Waals surface area contributed by atoms with Crippen LogP contribution in [0.2, 0.25) is 0 Å². The van der Waals surface area contributed by atoms with Crippen molar-refractivity contribution in [3.8, 4) is 11.6 Å². The number of anilines is 1. The van der Waals surface area contributed by atoms with E-state index < -0.39 is 40.7 Å². The molecule has 1 aromatic carbocycles. The fourth-order valence-corrected chi connectivity index (χ4v) is 3.07. The number of methoxy groups -OCH3 is 2. The summed E-state index contributed by atoms with van der Waals surface area (Å²) in [6.07, 6.45) is -0.957. The van der Waals surface area contributed by atoms with Crippen LogP contribution < -0.4 is 10.1 Å². The third kappa shape index (κ3) is 5.78. The molecular weight excluding hydrogens is 462 g/mol. The minimum Gasteiger partial charge on any atom is -0.465 e. The van der Waals surface area contributed by atoms with Crippen molar-refractivity contribution >= 4 is 11.7 Å². The molecule has 0 radical (unpaired) electrons. The highest BCUT2D eigenvalue weighted by Crippen LogP contribution is 2.39. The van der Waals surface area contributed by atoms with Crippen molar-refractivity contribution in [2.45, 2.75) is 25.7 Å². The number of carbonyl (C=O) groups is 1. The zero-order valence-electron chi connectivity index (χ0n) is 18.4. The zero-order chi connectivity index (χ0) is 24.9. The summed E-state index contributed by atoms with van der Waals surface area (Å²) in [5.74, 6) is -3.76. The maximum atomic E-state index is 15.2. The molecule has 0 aliphatic heterocycles. The van der Waals surface area contributed by atoms with Gasteiger partial charge in [-0.2, -0.15) is 28.2 Å². The molecule has 0 bridgehead atoms. The Balaban J connectivity index is 1.98. The van der Waals surface area contributed by atoms with Gasteiger partial charge >= 0.3 is 12.1 Å². The molecule has 13 heteroatoms. The predicted octanol–water partition coefficient (Wildman–Crippen LogP) is 3.91. The van der Waals surface area contributed by atoms with Gasteiger partial charge in [0.2, 0.25) is 5.88 Å². The largest absolute Gasteiger partial charge is 0.465 e. The molecule has 0 aliphatic carbocycles. The normalized spacial score (nSPS) is 12.3. The van der Waals surface area contributed by atoms with Crippen molar-refractivity contribution in [1.29, 1.82) is 0 Å². The molecule has 182 valence electrons. The smallest absolute Gasteiger partial charge is 0.421 e. The molecule has 1 N–H and O–H groups in total. The van der Waals surface area contributed by atoms with Crippen LogP contribution in [-0.2, 0) is 22.2 Å². The predicted molar refractivity (Wildman–Crippen MR) is 111 cm³/mol. The van der Waals surface area contributed by atoms with Crippen LogP contribution >= 0.6 is 0 Å². The Morgan fingerprint density at radius 3 is 2.53 bits per heavy atom. The lowest BCUT2D eigenvalue weighted by Gasteiger charge is -2.19. The van der Waals surface area contributed by atoms with Crippen LogP contribution in [0.3, 0.4) is 0 Å². The second-order valence-corrected chi connectivity index (χ2v) is 7.15. The summed E-state index contributed by atoms with van der Waals surface area (Å²) >= 11 is 0. The topological polar surface area (TPSA) is 100 Å². The van der Waals surface area contributed by atoms with Gasteiger partial charge in [-0.05, 0) is 30.7 Å². The van der Waals surface area contributed by atoms with Gasteiger partial charge < -0.3 is 19.5 Å². The van der Waals surface area contributed by atoms with E-state index in [4.69, 9.17) is 9.47 Å². The van der Waals surface area contributed by atoms with Crippen LogP contribution in [0.5, 0.6) is 11.6 Å². The summed E-state index contributed by atoms with van der Waals surface area (Å²) in [5, 5.41) is 10.6. The van der Waals surface area contributed by atoms with Crippen LogP contribution in [0, 0.1) is 5.82 Å². The van der Waals surface area contributed by atoms with Gasteiger partial charge in [0.05, 0.1) is 38.3 Å². The number of hydrogen-bond donors (Lipinski definition) is 1. The molecule has 0 spiro atoms. The van der Waals surface area contributed by atoms with E-state index in [2.05, 4.69) is 25.2 Å². The number of alkyl halides is 3. The Bertz CT molecular complexity index is 1140. The molecule has 2 heterocycles. The Morgan fingerprint density at radius 1 is 1.21 bits per heavy atom. The first-order valence-electron chi connectivity index (χ1n) is 9.88. The first-order valence-corrected chi connectivity index (χ1v) is 9.88. The van der Waals surface area contributed by atoms with Crippen LogP contribution in [0.1, 0.15) is 28.4 Å². The SMILES string of the molecule is COC[C@H](C)Nc1ccc(Oc2ncc(Cn3nccn3)cc2C(F)(F)F)c(F)c1C(=O)OC. The van der Waals surface area contributed by atoms with Crippen molar-refractivity contribution in [2.75, 3.05) is 26.1 Å². The summed E-state index contributed by atoms with van der Waals surface area (Å²) < 4.78 is 71.2. The van der Waals surface area contributed by atoms with E-state index in [-0.39, 0.29) is 30.4 Å². The average Bonchev–Trinajstić information content (AvgIpc) is 3.28. The Morgan fingerprint density at radius 2 is 1.91 bits per heavy atom. The summed E-state index contributed by atoms with van der Waals surface area (Å²) in [6, 6.07) is 2.89. The van der Waals surface area contributed by atoms with Crippen LogP contribution in [0.15, 0.2) is 36.8 Å².